The number of rotatable bonds is 4. The largest absolute Gasteiger partial charge is 0.349 e. The lowest BCUT2D eigenvalue weighted by atomic mass is 9.88. The Balaban J connectivity index is 1.46. The van der Waals surface area contributed by atoms with Gasteiger partial charge in [-0.15, -0.1) is 0 Å². The number of nitrogens with zero attached hydrogens (tertiary/aromatic N) is 2. The quantitative estimate of drug-likeness (QED) is 0.789. The van der Waals surface area contributed by atoms with Crippen LogP contribution in [0.4, 0.5) is 0 Å². The first-order valence-electron chi connectivity index (χ1n) is 9.04. The second-order valence-corrected chi connectivity index (χ2v) is 6.71. The minimum atomic E-state index is -0.0971. The molecular weight excluding hydrogens is 326 g/mol. The number of aryl methyl sites for hydroxylation is 2. The number of carbonyl (C=O) groups is 1. The first-order valence-corrected chi connectivity index (χ1v) is 9.04. The Kier molecular flexibility index (Phi) is 4.52. The van der Waals surface area contributed by atoms with Crippen LogP contribution in [-0.4, -0.2) is 15.7 Å². The van der Waals surface area contributed by atoms with Gasteiger partial charge in [-0.3, -0.25) is 14.3 Å². The third kappa shape index (κ3) is 3.25. The molecule has 5 heteroatoms. The monoisotopic (exact) mass is 347 g/mol. The molecule has 1 amide bonds. The molecule has 1 N–H and O–H groups in total. The van der Waals surface area contributed by atoms with E-state index in [1.807, 2.05) is 24.3 Å². The Labute approximate surface area is 151 Å². The van der Waals surface area contributed by atoms with E-state index < -0.39 is 0 Å². The zero-order valence-corrected chi connectivity index (χ0v) is 14.5. The molecule has 0 radical (unpaired) electrons. The van der Waals surface area contributed by atoms with Crippen molar-refractivity contribution in [1.82, 2.24) is 15.1 Å². The molecule has 0 fully saturated rings. The van der Waals surface area contributed by atoms with Crippen LogP contribution in [0.25, 0.3) is 10.9 Å². The summed E-state index contributed by atoms with van der Waals surface area (Å²) in [6.45, 7) is 0.445. The molecule has 0 bridgehead atoms. The lowest BCUT2D eigenvalue weighted by Crippen LogP contribution is -2.31. The lowest BCUT2D eigenvalue weighted by molar-refractivity contribution is -0.122. The summed E-state index contributed by atoms with van der Waals surface area (Å²) in [5, 5.41) is 7.98. The summed E-state index contributed by atoms with van der Waals surface area (Å²) in [5.41, 5.74) is 3.23. The Morgan fingerprint density at radius 3 is 2.88 bits per heavy atom. The van der Waals surface area contributed by atoms with Crippen molar-refractivity contribution in [2.45, 2.75) is 38.3 Å². The number of hydrogen-bond donors (Lipinski definition) is 1. The van der Waals surface area contributed by atoms with E-state index >= 15 is 0 Å². The van der Waals surface area contributed by atoms with E-state index in [1.54, 1.807) is 10.7 Å². The average molecular weight is 347 g/mol. The van der Waals surface area contributed by atoms with E-state index in [2.05, 4.69) is 28.6 Å². The van der Waals surface area contributed by atoms with Crippen molar-refractivity contribution in [3.63, 3.8) is 0 Å². The van der Waals surface area contributed by atoms with Gasteiger partial charge < -0.3 is 5.32 Å². The molecule has 0 spiro atoms. The van der Waals surface area contributed by atoms with Crippen LogP contribution in [-0.2, 0) is 17.8 Å². The van der Waals surface area contributed by atoms with E-state index in [1.165, 1.54) is 17.3 Å². The average Bonchev–Trinajstić information content (AvgIpc) is 2.68. The second-order valence-electron chi connectivity index (χ2n) is 6.71. The lowest BCUT2D eigenvalue weighted by Gasteiger charge is -2.26. The molecule has 0 aliphatic heterocycles. The van der Waals surface area contributed by atoms with Crippen molar-refractivity contribution in [3.8, 4) is 0 Å². The number of carbonyl (C=O) groups excluding carboxylic acids is 1. The highest BCUT2D eigenvalue weighted by atomic mass is 16.1. The molecule has 26 heavy (non-hydrogen) atoms. The van der Waals surface area contributed by atoms with Gasteiger partial charge >= 0.3 is 0 Å². The molecule has 0 saturated heterocycles. The van der Waals surface area contributed by atoms with Gasteiger partial charge in [0.2, 0.25) is 11.3 Å². The molecule has 0 saturated carbocycles. The number of nitrogens with one attached hydrogen (secondary N) is 1. The molecule has 1 aromatic heterocycles. The summed E-state index contributed by atoms with van der Waals surface area (Å²) >= 11 is 0. The first kappa shape index (κ1) is 16.5. The van der Waals surface area contributed by atoms with E-state index in [0.717, 1.165) is 24.8 Å². The minimum Gasteiger partial charge on any atom is -0.349 e. The number of fused-ring (bicyclic) bond motifs is 2. The van der Waals surface area contributed by atoms with Crippen molar-refractivity contribution < 1.29 is 4.79 Å². The highest BCUT2D eigenvalue weighted by molar-refractivity contribution is 5.79. The summed E-state index contributed by atoms with van der Waals surface area (Å²) in [5.74, 6) is 0.0104. The van der Waals surface area contributed by atoms with Crippen LogP contribution in [0.1, 0.15) is 36.4 Å². The van der Waals surface area contributed by atoms with Crippen molar-refractivity contribution in [3.05, 3.63) is 76.1 Å². The fourth-order valence-electron chi connectivity index (χ4n) is 3.72. The Hall–Kier alpha value is -2.95. The first-order chi connectivity index (χ1) is 12.7. The summed E-state index contributed by atoms with van der Waals surface area (Å²) in [6, 6.07) is 15.8. The molecule has 1 atom stereocenters. The van der Waals surface area contributed by atoms with Gasteiger partial charge in [-0.25, -0.2) is 0 Å². The van der Waals surface area contributed by atoms with E-state index in [0.29, 0.717) is 18.4 Å². The molecule has 1 heterocycles. The molecule has 2 aromatic carbocycles. The highest BCUT2D eigenvalue weighted by Crippen LogP contribution is 2.29. The van der Waals surface area contributed by atoms with Crippen LogP contribution < -0.4 is 10.7 Å². The predicted octanol–water partition coefficient (Wildman–Crippen LogP) is 2.98. The van der Waals surface area contributed by atoms with Crippen LogP contribution in [0.5, 0.6) is 0 Å². The molecule has 1 unspecified atom stereocenters. The Morgan fingerprint density at radius 2 is 1.96 bits per heavy atom. The van der Waals surface area contributed by atoms with Gasteiger partial charge in [-0.05, 0) is 42.5 Å². The predicted molar refractivity (Wildman–Crippen MR) is 101 cm³/mol. The maximum absolute atomic E-state index is 12.5. The molecule has 3 aromatic rings. The fourth-order valence-corrected chi connectivity index (χ4v) is 3.72. The van der Waals surface area contributed by atoms with Crippen LogP contribution in [0.3, 0.4) is 0 Å². The van der Waals surface area contributed by atoms with Gasteiger partial charge in [-0.1, -0.05) is 36.4 Å². The third-order valence-corrected chi connectivity index (χ3v) is 5.02. The Bertz CT molecular complexity index is 1010. The molecule has 132 valence electrons. The maximum atomic E-state index is 12.5. The van der Waals surface area contributed by atoms with Crippen LogP contribution in [0.15, 0.2) is 59.5 Å². The number of benzene rings is 2. The van der Waals surface area contributed by atoms with Crippen LogP contribution in [0.2, 0.25) is 0 Å². The van der Waals surface area contributed by atoms with Gasteiger partial charge in [-0.2, -0.15) is 5.10 Å². The summed E-state index contributed by atoms with van der Waals surface area (Å²) < 4.78 is 1.73. The summed E-state index contributed by atoms with van der Waals surface area (Å²) in [7, 11) is 0. The zero-order valence-electron chi connectivity index (χ0n) is 14.5. The second kappa shape index (κ2) is 7.12. The van der Waals surface area contributed by atoms with E-state index in [4.69, 9.17) is 0 Å². The molecule has 5 nitrogen and oxygen atoms in total. The van der Waals surface area contributed by atoms with Crippen molar-refractivity contribution in [2.75, 3.05) is 0 Å². The Morgan fingerprint density at radius 1 is 1.15 bits per heavy atom. The van der Waals surface area contributed by atoms with Gasteiger partial charge in [0, 0.05) is 11.8 Å². The van der Waals surface area contributed by atoms with Crippen molar-refractivity contribution in [2.24, 2.45) is 0 Å². The van der Waals surface area contributed by atoms with Gasteiger partial charge in [0.15, 0.2) is 0 Å². The minimum absolute atomic E-state index is 0.0104. The van der Waals surface area contributed by atoms with Gasteiger partial charge in [0.25, 0.3) is 0 Å². The van der Waals surface area contributed by atoms with Crippen molar-refractivity contribution >= 4 is 16.8 Å². The number of aromatic nitrogens is 2. The van der Waals surface area contributed by atoms with E-state index in [9.17, 15) is 9.59 Å². The molecule has 1 aliphatic rings. The van der Waals surface area contributed by atoms with Crippen LogP contribution >= 0.6 is 0 Å². The SMILES string of the molecule is O=C(CCn1ncc(=O)c2ccccc21)NC1CCCc2ccccc21. The molecule has 4 rings (SSSR count). The number of hydrogen-bond acceptors (Lipinski definition) is 3. The zero-order chi connectivity index (χ0) is 17.9. The van der Waals surface area contributed by atoms with Crippen LogP contribution in [0, 0.1) is 0 Å². The fraction of sp³-hybridized carbons (Fsp3) is 0.286. The number of amides is 1. The molecular formula is C21H21N3O2. The normalized spacial score (nSPS) is 16.2. The summed E-state index contributed by atoms with van der Waals surface area (Å²) in [6.07, 6.45) is 4.79. The molecule has 1 aliphatic carbocycles. The number of para-hydroxylation sites is 1. The third-order valence-electron chi connectivity index (χ3n) is 5.02. The topological polar surface area (TPSA) is 64.0 Å². The summed E-state index contributed by atoms with van der Waals surface area (Å²) in [4.78, 5) is 24.4. The maximum Gasteiger partial charge on any atom is 0.222 e. The highest BCUT2D eigenvalue weighted by Gasteiger charge is 2.21. The standard InChI is InChI=1S/C21H21N3O2/c25-20-14-22-24(19-11-4-3-9-17(19)20)13-12-21(26)23-18-10-5-7-15-6-1-2-8-16(15)18/h1-4,6,8-9,11,14,18H,5,7,10,12-13H2,(H,23,26). The van der Waals surface area contributed by atoms with Gasteiger partial charge in [0.05, 0.1) is 24.3 Å². The van der Waals surface area contributed by atoms with Gasteiger partial charge in [0.1, 0.15) is 0 Å². The van der Waals surface area contributed by atoms with Crippen molar-refractivity contribution in [1.29, 1.82) is 0 Å². The van der Waals surface area contributed by atoms with E-state index in [-0.39, 0.29) is 17.4 Å². The smallest absolute Gasteiger partial charge is 0.222 e.